The van der Waals surface area contributed by atoms with Crippen LogP contribution in [0.5, 0.6) is 0 Å². The lowest BCUT2D eigenvalue weighted by molar-refractivity contribution is -0.144. The van der Waals surface area contributed by atoms with Crippen molar-refractivity contribution in [1.29, 1.82) is 0 Å². The van der Waals surface area contributed by atoms with Crippen LogP contribution in [0.4, 0.5) is 19.0 Å². The van der Waals surface area contributed by atoms with E-state index in [-0.39, 0.29) is 5.56 Å². The number of halogens is 3. The van der Waals surface area contributed by atoms with E-state index >= 15 is 0 Å². The highest BCUT2D eigenvalue weighted by Crippen LogP contribution is 2.26. The quantitative estimate of drug-likeness (QED) is 0.684. The summed E-state index contributed by atoms with van der Waals surface area (Å²) in [6, 6.07) is 0. The van der Waals surface area contributed by atoms with E-state index in [0.29, 0.717) is 6.20 Å². The molecule has 0 saturated heterocycles. The molecule has 14 heavy (non-hydrogen) atoms. The fourth-order valence-corrected chi connectivity index (χ4v) is 0.721. The highest BCUT2D eigenvalue weighted by Gasteiger charge is 2.35. The van der Waals surface area contributed by atoms with Crippen LogP contribution in [0.15, 0.2) is 6.20 Å². The Labute approximate surface area is 75.9 Å². The fourth-order valence-electron chi connectivity index (χ4n) is 0.721. The number of primary amides is 1. The number of nitrogens with two attached hydrogens (primary N) is 2. The van der Waals surface area contributed by atoms with Crippen LogP contribution in [0.3, 0.4) is 0 Å². The average Bonchev–Trinajstić information content (AvgIpc) is 2.01. The molecule has 0 aliphatic rings. The number of aromatic nitrogens is 2. The highest BCUT2D eigenvalue weighted by atomic mass is 19.4. The minimum Gasteiger partial charge on any atom is -0.383 e. The molecule has 0 aliphatic carbocycles. The van der Waals surface area contributed by atoms with Crippen molar-refractivity contribution in [1.82, 2.24) is 9.97 Å². The van der Waals surface area contributed by atoms with Crippen LogP contribution in [-0.2, 0) is 6.18 Å². The molecule has 76 valence electrons. The van der Waals surface area contributed by atoms with Gasteiger partial charge in [-0.05, 0) is 0 Å². The molecule has 1 amide bonds. The highest BCUT2D eigenvalue weighted by molar-refractivity contribution is 5.96. The lowest BCUT2D eigenvalue weighted by atomic mass is 10.3. The Morgan fingerprint density at radius 3 is 2.36 bits per heavy atom. The van der Waals surface area contributed by atoms with Crippen LogP contribution in [0.2, 0.25) is 0 Å². The van der Waals surface area contributed by atoms with Gasteiger partial charge in [0.25, 0.3) is 5.91 Å². The van der Waals surface area contributed by atoms with Gasteiger partial charge < -0.3 is 11.5 Å². The van der Waals surface area contributed by atoms with Crippen molar-refractivity contribution in [2.45, 2.75) is 6.18 Å². The first-order valence-corrected chi connectivity index (χ1v) is 3.32. The van der Waals surface area contributed by atoms with Gasteiger partial charge in [0.1, 0.15) is 5.82 Å². The van der Waals surface area contributed by atoms with Gasteiger partial charge in [0.05, 0.1) is 5.56 Å². The zero-order chi connectivity index (χ0) is 10.9. The Balaban J connectivity index is 3.20. The van der Waals surface area contributed by atoms with E-state index in [4.69, 9.17) is 11.5 Å². The molecule has 0 fully saturated rings. The molecule has 1 aromatic rings. The van der Waals surface area contributed by atoms with Crippen molar-refractivity contribution in [3.05, 3.63) is 17.6 Å². The second kappa shape index (κ2) is 3.13. The van der Waals surface area contributed by atoms with Crippen molar-refractivity contribution in [2.75, 3.05) is 5.73 Å². The Morgan fingerprint density at radius 2 is 2.00 bits per heavy atom. The summed E-state index contributed by atoms with van der Waals surface area (Å²) in [5.74, 6) is -2.96. The summed E-state index contributed by atoms with van der Waals surface area (Å²) < 4.78 is 36.0. The average molecular weight is 206 g/mol. The lowest BCUT2D eigenvalue weighted by Gasteiger charge is -2.06. The third-order valence-corrected chi connectivity index (χ3v) is 1.34. The molecule has 1 heterocycles. The molecule has 1 aromatic heterocycles. The molecule has 0 unspecified atom stereocenters. The molecule has 0 atom stereocenters. The Bertz CT molecular complexity index is 376. The van der Waals surface area contributed by atoms with E-state index in [0.717, 1.165) is 0 Å². The van der Waals surface area contributed by atoms with Gasteiger partial charge in [0.2, 0.25) is 5.82 Å². The molecule has 0 saturated carbocycles. The molecule has 8 heteroatoms. The van der Waals surface area contributed by atoms with E-state index < -0.39 is 23.7 Å². The van der Waals surface area contributed by atoms with Gasteiger partial charge >= 0.3 is 6.18 Å². The molecule has 0 spiro atoms. The van der Waals surface area contributed by atoms with E-state index in [9.17, 15) is 18.0 Å². The Morgan fingerprint density at radius 1 is 1.43 bits per heavy atom. The lowest BCUT2D eigenvalue weighted by Crippen LogP contribution is -2.18. The molecule has 0 aromatic carbocycles. The maximum Gasteiger partial charge on any atom is 0.451 e. The van der Waals surface area contributed by atoms with E-state index in [1.165, 1.54) is 0 Å². The number of anilines is 1. The third-order valence-electron chi connectivity index (χ3n) is 1.34. The number of nitrogen functional groups attached to an aromatic ring is 1. The minimum absolute atomic E-state index is 0.335. The fraction of sp³-hybridized carbons (Fsp3) is 0.167. The van der Waals surface area contributed by atoms with Crippen LogP contribution in [-0.4, -0.2) is 15.9 Å². The normalized spacial score (nSPS) is 11.4. The monoisotopic (exact) mass is 206 g/mol. The maximum absolute atomic E-state index is 12.0. The Kier molecular flexibility index (Phi) is 2.28. The molecule has 4 N–H and O–H groups in total. The van der Waals surface area contributed by atoms with Gasteiger partial charge in [-0.2, -0.15) is 13.2 Å². The standard InChI is InChI=1S/C6H5F3N4O/c7-6(8,9)5-12-1-2(4(11)14)3(10)13-5/h1H,(H2,11,14)(H2,10,12,13). The first-order valence-electron chi connectivity index (χ1n) is 3.32. The number of alkyl halides is 3. The first-order chi connectivity index (χ1) is 6.32. The van der Waals surface area contributed by atoms with Gasteiger partial charge in [-0.25, -0.2) is 9.97 Å². The first kappa shape index (κ1) is 10.2. The predicted octanol–water partition coefficient (Wildman–Crippen LogP) is 0.177. The number of amides is 1. The van der Waals surface area contributed by atoms with Crippen molar-refractivity contribution in [3.8, 4) is 0 Å². The smallest absolute Gasteiger partial charge is 0.383 e. The van der Waals surface area contributed by atoms with Gasteiger partial charge in [-0.3, -0.25) is 4.79 Å². The van der Waals surface area contributed by atoms with Crippen LogP contribution < -0.4 is 11.5 Å². The van der Waals surface area contributed by atoms with E-state index in [1.54, 1.807) is 0 Å². The number of rotatable bonds is 1. The van der Waals surface area contributed by atoms with Gasteiger partial charge in [-0.1, -0.05) is 0 Å². The summed E-state index contributed by atoms with van der Waals surface area (Å²) in [5, 5.41) is 0. The molecule has 0 aliphatic heterocycles. The second-order valence-electron chi connectivity index (χ2n) is 2.35. The van der Waals surface area contributed by atoms with Crippen molar-refractivity contribution >= 4 is 11.7 Å². The molecular formula is C6H5F3N4O. The molecule has 5 nitrogen and oxygen atoms in total. The van der Waals surface area contributed by atoms with E-state index in [2.05, 4.69) is 9.97 Å². The number of carbonyl (C=O) groups excluding carboxylic acids is 1. The van der Waals surface area contributed by atoms with Crippen molar-refractivity contribution < 1.29 is 18.0 Å². The minimum atomic E-state index is -4.69. The van der Waals surface area contributed by atoms with Crippen LogP contribution >= 0.6 is 0 Å². The van der Waals surface area contributed by atoms with Crippen LogP contribution in [0.1, 0.15) is 16.2 Å². The van der Waals surface area contributed by atoms with Gasteiger partial charge in [0, 0.05) is 6.20 Å². The second-order valence-corrected chi connectivity index (χ2v) is 2.35. The molecule has 0 radical (unpaired) electrons. The number of carbonyl (C=O) groups is 1. The molecule has 0 bridgehead atoms. The molecule has 1 rings (SSSR count). The third kappa shape index (κ3) is 1.90. The topological polar surface area (TPSA) is 94.9 Å². The van der Waals surface area contributed by atoms with Crippen LogP contribution in [0, 0.1) is 0 Å². The summed E-state index contributed by atoms with van der Waals surface area (Å²) in [4.78, 5) is 16.4. The number of hydrogen-bond donors (Lipinski definition) is 2. The largest absolute Gasteiger partial charge is 0.451 e. The SMILES string of the molecule is NC(=O)c1cnc(C(F)(F)F)nc1N. The van der Waals surface area contributed by atoms with E-state index in [1.807, 2.05) is 0 Å². The molecular weight excluding hydrogens is 201 g/mol. The summed E-state index contributed by atoms with van der Waals surface area (Å²) in [5.41, 5.74) is 9.53. The van der Waals surface area contributed by atoms with Crippen molar-refractivity contribution in [2.24, 2.45) is 5.73 Å². The zero-order valence-electron chi connectivity index (χ0n) is 6.67. The van der Waals surface area contributed by atoms with Crippen LogP contribution in [0.25, 0.3) is 0 Å². The predicted molar refractivity (Wildman–Crippen MR) is 40.0 cm³/mol. The number of nitrogens with zero attached hydrogens (tertiary/aromatic N) is 2. The maximum atomic E-state index is 12.0. The zero-order valence-corrected chi connectivity index (χ0v) is 6.67. The summed E-state index contributed by atoms with van der Waals surface area (Å²) in [6.07, 6.45) is -4.04. The summed E-state index contributed by atoms with van der Waals surface area (Å²) >= 11 is 0. The van der Waals surface area contributed by atoms with Crippen molar-refractivity contribution in [3.63, 3.8) is 0 Å². The summed E-state index contributed by atoms with van der Waals surface area (Å²) in [7, 11) is 0. The van der Waals surface area contributed by atoms with Gasteiger partial charge in [0.15, 0.2) is 0 Å². The summed E-state index contributed by atoms with van der Waals surface area (Å²) in [6.45, 7) is 0. The number of hydrogen-bond acceptors (Lipinski definition) is 4. The Hall–Kier alpha value is -1.86. The van der Waals surface area contributed by atoms with Gasteiger partial charge in [-0.15, -0.1) is 0 Å².